The zero-order chi connectivity index (χ0) is 23.7. The van der Waals surface area contributed by atoms with Gasteiger partial charge in [0, 0.05) is 38.9 Å². The third-order valence-electron chi connectivity index (χ3n) is 6.18. The number of amides is 1. The Labute approximate surface area is 204 Å². The molecular weight excluding hydrogens is 454 g/mol. The van der Waals surface area contributed by atoms with Gasteiger partial charge in [-0.15, -0.1) is 0 Å². The Hall–Kier alpha value is -2.23. The van der Waals surface area contributed by atoms with Crippen molar-refractivity contribution < 1.29 is 4.79 Å². The number of anilines is 1. The largest absolute Gasteiger partial charge is 0.353 e. The first-order valence-corrected chi connectivity index (χ1v) is 12.8. The van der Waals surface area contributed by atoms with E-state index in [0.29, 0.717) is 38.7 Å². The lowest BCUT2D eigenvalue weighted by molar-refractivity contribution is -0.122. The van der Waals surface area contributed by atoms with Gasteiger partial charge in [0.05, 0.1) is 10.5 Å². The van der Waals surface area contributed by atoms with Gasteiger partial charge in [-0.2, -0.15) is 0 Å². The molecule has 7 nitrogen and oxygen atoms in total. The first-order valence-electron chi connectivity index (χ1n) is 11.5. The Morgan fingerprint density at radius 3 is 2.58 bits per heavy atom. The molecule has 0 spiro atoms. The first kappa shape index (κ1) is 23.9. The summed E-state index contributed by atoms with van der Waals surface area (Å²) in [6.07, 6.45) is 4.39. The summed E-state index contributed by atoms with van der Waals surface area (Å²) in [4.78, 5) is 38.3. The Morgan fingerprint density at radius 1 is 1.18 bits per heavy atom. The van der Waals surface area contributed by atoms with Crippen LogP contribution in [0.1, 0.15) is 38.3 Å². The highest BCUT2D eigenvalue weighted by Gasteiger charge is 2.33. The van der Waals surface area contributed by atoms with Crippen molar-refractivity contribution >= 4 is 51.7 Å². The standard InChI is InChI=1S/C24H31N5O2S2/c1-5-26-10-12-27(13-11-26)21-18(22(30)29-15-17(4)6-7-20(29)25-21)14-19-23(31)28(24(32)33-19)9-8-16(2)3/h6-7,14-16H,5,8-13H2,1-4H3/b19-14+. The van der Waals surface area contributed by atoms with Crippen LogP contribution in [0.25, 0.3) is 11.7 Å². The molecule has 1 amide bonds. The van der Waals surface area contributed by atoms with E-state index in [2.05, 4.69) is 30.6 Å². The summed E-state index contributed by atoms with van der Waals surface area (Å²) in [7, 11) is 0. The molecule has 0 atom stereocenters. The number of hydrogen-bond donors (Lipinski definition) is 0. The summed E-state index contributed by atoms with van der Waals surface area (Å²) < 4.78 is 2.13. The van der Waals surface area contributed by atoms with Crippen LogP contribution in [0.15, 0.2) is 28.0 Å². The van der Waals surface area contributed by atoms with Crippen LogP contribution in [0.4, 0.5) is 5.82 Å². The maximum atomic E-state index is 13.6. The number of hydrogen-bond acceptors (Lipinski definition) is 7. The molecular formula is C24H31N5O2S2. The second-order valence-corrected chi connectivity index (χ2v) is 10.7. The number of likely N-dealkylation sites (N-methyl/N-ethyl adjacent to an activating group) is 1. The summed E-state index contributed by atoms with van der Waals surface area (Å²) in [5.74, 6) is 0.998. The molecule has 2 aromatic heterocycles. The second kappa shape index (κ2) is 9.95. The summed E-state index contributed by atoms with van der Waals surface area (Å²) in [6, 6.07) is 3.83. The normalized spacial score (nSPS) is 19.0. The molecule has 2 aromatic rings. The lowest BCUT2D eigenvalue weighted by Crippen LogP contribution is -2.47. The van der Waals surface area contributed by atoms with Crippen molar-refractivity contribution in [3.63, 3.8) is 0 Å². The van der Waals surface area contributed by atoms with E-state index in [-0.39, 0.29) is 11.5 Å². The minimum absolute atomic E-state index is 0.124. The van der Waals surface area contributed by atoms with Gasteiger partial charge in [-0.1, -0.05) is 50.8 Å². The van der Waals surface area contributed by atoms with Crippen LogP contribution in [0, 0.1) is 12.8 Å². The van der Waals surface area contributed by atoms with Crippen molar-refractivity contribution in [3.05, 3.63) is 44.7 Å². The quantitative estimate of drug-likeness (QED) is 0.459. The molecule has 0 aliphatic carbocycles. The van der Waals surface area contributed by atoms with Crippen LogP contribution < -0.4 is 10.5 Å². The Kier molecular flexibility index (Phi) is 7.21. The number of pyridine rings is 1. The van der Waals surface area contributed by atoms with Gasteiger partial charge in [-0.3, -0.25) is 18.9 Å². The van der Waals surface area contributed by atoms with Gasteiger partial charge in [0.1, 0.15) is 15.8 Å². The maximum absolute atomic E-state index is 13.6. The van der Waals surface area contributed by atoms with E-state index in [1.165, 1.54) is 11.8 Å². The van der Waals surface area contributed by atoms with Gasteiger partial charge in [0.25, 0.3) is 11.5 Å². The average molecular weight is 486 g/mol. The number of piperazine rings is 1. The van der Waals surface area contributed by atoms with Crippen LogP contribution in [-0.4, -0.2) is 68.7 Å². The summed E-state index contributed by atoms with van der Waals surface area (Å²) >= 11 is 6.76. The first-order chi connectivity index (χ1) is 15.8. The number of rotatable bonds is 6. The number of nitrogens with zero attached hydrogens (tertiary/aromatic N) is 5. The summed E-state index contributed by atoms with van der Waals surface area (Å²) in [5, 5.41) is 0. The molecule has 0 aromatic carbocycles. The molecule has 2 aliphatic rings. The van der Waals surface area contributed by atoms with E-state index in [1.807, 2.05) is 19.1 Å². The van der Waals surface area contributed by atoms with E-state index in [4.69, 9.17) is 17.2 Å². The number of carbonyl (C=O) groups is 1. The lowest BCUT2D eigenvalue weighted by atomic mass is 10.1. The highest BCUT2D eigenvalue weighted by molar-refractivity contribution is 8.26. The number of carbonyl (C=O) groups excluding carboxylic acids is 1. The van der Waals surface area contributed by atoms with E-state index >= 15 is 0 Å². The zero-order valence-electron chi connectivity index (χ0n) is 19.7. The van der Waals surface area contributed by atoms with Crippen molar-refractivity contribution in [1.82, 2.24) is 19.2 Å². The molecule has 4 rings (SSSR count). The fraction of sp³-hybridized carbons (Fsp3) is 0.500. The second-order valence-electron chi connectivity index (χ2n) is 9.03. The predicted molar refractivity (Wildman–Crippen MR) is 140 cm³/mol. The molecule has 0 saturated carbocycles. The van der Waals surface area contributed by atoms with E-state index < -0.39 is 0 Å². The van der Waals surface area contributed by atoms with E-state index in [0.717, 1.165) is 44.7 Å². The Balaban J connectivity index is 1.77. The number of aromatic nitrogens is 2. The average Bonchev–Trinajstić information content (AvgIpc) is 3.06. The molecule has 2 saturated heterocycles. The third-order valence-corrected chi connectivity index (χ3v) is 7.56. The molecule has 0 N–H and O–H groups in total. The van der Waals surface area contributed by atoms with Gasteiger partial charge in [-0.25, -0.2) is 4.98 Å². The van der Waals surface area contributed by atoms with Crippen molar-refractivity contribution in [2.75, 3.05) is 44.2 Å². The highest BCUT2D eigenvalue weighted by Crippen LogP contribution is 2.34. The molecule has 2 aliphatic heterocycles. The molecule has 2 fully saturated rings. The van der Waals surface area contributed by atoms with Gasteiger partial charge < -0.3 is 9.80 Å². The molecule has 33 heavy (non-hydrogen) atoms. The maximum Gasteiger partial charge on any atom is 0.267 e. The number of fused-ring (bicyclic) bond motifs is 1. The van der Waals surface area contributed by atoms with E-state index in [9.17, 15) is 9.59 Å². The van der Waals surface area contributed by atoms with Gasteiger partial charge in [0.2, 0.25) is 0 Å². The van der Waals surface area contributed by atoms with Crippen LogP contribution in [0.2, 0.25) is 0 Å². The molecule has 9 heteroatoms. The van der Waals surface area contributed by atoms with Crippen LogP contribution in [0.3, 0.4) is 0 Å². The van der Waals surface area contributed by atoms with Crippen molar-refractivity contribution in [3.8, 4) is 0 Å². The van der Waals surface area contributed by atoms with Gasteiger partial charge >= 0.3 is 0 Å². The van der Waals surface area contributed by atoms with Crippen molar-refractivity contribution in [2.24, 2.45) is 5.92 Å². The molecule has 0 bridgehead atoms. The minimum atomic E-state index is -0.163. The van der Waals surface area contributed by atoms with Crippen LogP contribution >= 0.6 is 24.0 Å². The van der Waals surface area contributed by atoms with Crippen LogP contribution in [-0.2, 0) is 4.79 Å². The topological polar surface area (TPSA) is 61.2 Å². The van der Waals surface area contributed by atoms with Gasteiger partial charge in [0.15, 0.2) is 0 Å². The van der Waals surface area contributed by atoms with Crippen molar-refractivity contribution in [2.45, 2.75) is 34.1 Å². The lowest BCUT2D eigenvalue weighted by Gasteiger charge is -2.35. The Morgan fingerprint density at radius 2 is 1.91 bits per heavy atom. The molecule has 0 unspecified atom stereocenters. The molecule has 4 heterocycles. The SMILES string of the molecule is CCN1CCN(c2nc3ccc(C)cn3c(=O)c2/C=C2/SC(=S)N(CCC(C)C)C2=O)CC1. The monoisotopic (exact) mass is 485 g/mol. The minimum Gasteiger partial charge on any atom is -0.353 e. The fourth-order valence-electron chi connectivity index (χ4n) is 4.10. The molecule has 176 valence electrons. The summed E-state index contributed by atoms with van der Waals surface area (Å²) in [6.45, 7) is 13.4. The van der Waals surface area contributed by atoms with Crippen LogP contribution in [0.5, 0.6) is 0 Å². The Bertz CT molecular complexity index is 1170. The number of aryl methyl sites for hydroxylation is 1. The fourth-order valence-corrected chi connectivity index (χ4v) is 5.39. The smallest absolute Gasteiger partial charge is 0.267 e. The van der Waals surface area contributed by atoms with E-state index in [1.54, 1.807) is 21.6 Å². The zero-order valence-corrected chi connectivity index (χ0v) is 21.3. The predicted octanol–water partition coefficient (Wildman–Crippen LogP) is 3.39. The van der Waals surface area contributed by atoms with Gasteiger partial charge in [-0.05, 0) is 43.5 Å². The summed E-state index contributed by atoms with van der Waals surface area (Å²) in [5.41, 5.74) is 1.87. The third kappa shape index (κ3) is 5.00. The number of thioether (sulfide) groups is 1. The number of thiocarbonyl (C=S) groups is 1. The molecule has 0 radical (unpaired) electrons. The highest BCUT2D eigenvalue weighted by atomic mass is 32.2. The van der Waals surface area contributed by atoms with Crippen molar-refractivity contribution in [1.29, 1.82) is 0 Å².